The van der Waals surface area contributed by atoms with Crippen molar-refractivity contribution in [3.8, 4) is 0 Å². The maximum atomic E-state index is 10.5. The van der Waals surface area contributed by atoms with E-state index in [4.69, 9.17) is 23.2 Å². The zero-order chi connectivity index (χ0) is 13.1. The number of benzene rings is 2. The van der Waals surface area contributed by atoms with E-state index in [1.807, 2.05) is 6.07 Å². The molecule has 0 bridgehead atoms. The first-order chi connectivity index (χ1) is 8.56. The van der Waals surface area contributed by atoms with Gasteiger partial charge in [0, 0.05) is 21.9 Å². The van der Waals surface area contributed by atoms with Gasteiger partial charge in [-0.1, -0.05) is 35.0 Å². The average molecular weight is 300 g/mol. The second-order valence-corrected chi connectivity index (χ2v) is 5.39. The lowest BCUT2D eigenvalue weighted by Gasteiger charge is -2.03. The van der Waals surface area contributed by atoms with Crippen LogP contribution in [0.4, 0.5) is 5.69 Å². The van der Waals surface area contributed by atoms with Crippen molar-refractivity contribution in [1.29, 1.82) is 0 Å². The summed E-state index contributed by atoms with van der Waals surface area (Å²) in [5.41, 5.74) is 0.0773. The van der Waals surface area contributed by atoms with Crippen LogP contribution in [-0.2, 0) is 0 Å². The van der Waals surface area contributed by atoms with Crippen LogP contribution in [0.15, 0.2) is 52.3 Å². The van der Waals surface area contributed by atoms with Crippen molar-refractivity contribution in [2.24, 2.45) is 0 Å². The van der Waals surface area contributed by atoms with E-state index in [-0.39, 0.29) is 5.69 Å². The van der Waals surface area contributed by atoms with Gasteiger partial charge in [0.2, 0.25) is 0 Å². The Labute approximate surface area is 118 Å². The summed E-state index contributed by atoms with van der Waals surface area (Å²) >= 11 is 13.2. The highest BCUT2D eigenvalue weighted by atomic mass is 35.5. The molecule has 0 unspecified atom stereocenters. The van der Waals surface area contributed by atoms with Crippen molar-refractivity contribution in [1.82, 2.24) is 0 Å². The minimum absolute atomic E-state index is 0.0773. The van der Waals surface area contributed by atoms with E-state index in [2.05, 4.69) is 0 Å². The molecule has 0 aliphatic carbocycles. The number of hydrogen-bond acceptors (Lipinski definition) is 3. The number of rotatable bonds is 3. The topological polar surface area (TPSA) is 43.1 Å². The van der Waals surface area contributed by atoms with Gasteiger partial charge < -0.3 is 0 Å². The fraction of sp³-hybridized carbons (Fsp3) is 0. The third-order valence-corrected chi connectivity index (χ3v) is 3.91. The van der Waals surface area contributed by atoms with E-state index in [9.17, 15) is 10.1 Å². The Morgan fingerprint density at radius 1 is 0.944 bits per heavy atom. The fourth-order valence-corrected chi connectivity index (χ4v) is 2.53. The molecule has 0 aliphatic heterocycles. The summed E-state index contributed by atoms with van der Waals surface area (Å²) in [7, 11) is 0. The van der Waals surface area contributed by atoms with E-state index >= 15 is 0 Å². The maximum Gasteiger partial charge on any atom is 0.269 e. The monoisotopic (exact) mass is 299 g/mol. The average Bonchev–Trinajstić information content (AvgIpc) is 2.34. The van der Waals surface area contributed by atoms with Gasteiger partial charge >= 0.3 is 0 Å². The number of hydrogen-bond donors (Lipinski definition) is 0. The first-order valence-electron chi connectivity index (χ1n) is 4.93. The molecule has 0 N–H and O–H groups in total. The zero-order valence-corrected chi connectivity index (χ0v) is 11.3. The molecule has 0 aliphatic rings. The standard InChI is InChI=1S/C12H7Cl2NO2S/c13-11-6-5-10(7-12(11)14)18-9-3-1-8(2-4-9)15(16)17/h1-7H. The van der Waals surface area contributed by atoms with Crippen molar-refractivity contribution in [2.75, 3.05) is 0 Å². The summed E-state index contributed by atoms with van der Waals surface area (Å²) < 4.78 is 0. The third-order valence-electron chi connectivity index (χ3n) is 2.17. The summed E-state index contributed by atoms with van der Waals surface area (Å²) in [4.78, 5) is 11.9. The molecular formula is C12H7Cl2NO2S. The molecule has 92 valence electrons. The number of nitrogens with zero attached hydrogens (tertiary/aromatic N) is 1. The predicted molar refractivity (Wildman–Crippen MR) is 73.7 cm³/mol. The highest BCUT2D eigenvalue weighted by Gasteiger charge is 2.05. The summed E-state index contributed by atoms with van der Waals surface area (Å²) in [6.45, 7) is 0. The highest BCUT2D eigenvalue weighted by Crippen LogP contribution is 2.33. The minimum Gasteiger partial charge on any atom is -0.258 e. The molecule has 2 rings (SSSR count). The summed E-state index contributed by atoms with van der Waals surface area (Å²) in [5, 5.41) is 11.5. The molecule has 18 heavy (non-hydrogen) atoms. The molecule has 6 heteroatoms. The Hall–Kier alpha value is -1.23. The van der Waals surface area contributed by atoms with Crippen LogP contribution < -0.4 is 0 Å². The van der Waals surface area contributed by atoms with E-state index in [1.54, 1.807) is 24.3 Å². The minimum atomic E-state index is -0.423. The van der Waals surface area contributed by atoms with Crippen LogP contribution in [0.1, 0.15) is 0 Å². The van der Waals surface area contributed by atoms with Crippen LogP contribution in [-0.4, -0.2) is 4.92 Å². The van der Waals surface area contributed by atoms with Crippen LogP contribution in [0.3, 0.4) is 0 Å². The molecule has 0 aromatic heterocycles. The van der Waals surface area contributed by atoms with Gasteiger partial charge in [0.15, 0.2) is 0 Å². The lowest BCUT2D eigenvalue weighted by Crippen LogP contribution is -1.86. The van der Waals surface area contributed by atoms with Gasteiger partial charge in [-0.15, -0.1) is 0 Å². The van der Waals surface area contributed by atoms with E-state index in [1.165, 1.54) is 23.9 Å². The normalized spacial score (nSPS) is 10.3. The van der Waals surface area contributed by atoms with Crippen LogP contribution in [0, 0.1) is 10.1 Å². The smallest absolute Gasteiger partial charge is 0.258 e. The maximum absolute atomic E-state index is 10.5. The Morgan fingerprint density at radius 2 is 1.56 bits per heavy atom. The number of non-ortho nitro benzene ring substituents is 1. The first kappa shape index (κ1) is 13.2. The molecule has 0 spiro atoms. The van der Waals surface area contributed by atoms with Gasteiger partial charge in [-0.2, -0.15) is 0 Å². The van der Waals surface area contributed by atoms with Crippen molar-refractivity contribution in [2.45, 2.75) is 9.79 Å². The van der Waals surface area contributed by atoms with Crippen LogP contribution in [0.2, 0.25) is 10.0 Å². The van der Waals surface area contributed by atoms with Gasteiger partial charge in [-0.3, -0.25) is 10.1 Å². The lowest BCUT2D eigenvalue weighted by molar-refractivity contribution is -0.384. The van der Waals surface area contributed by atoms with Crippen molar-refractivity contribution in [3.63, 3.8) is 0 Å². The summed E-state index contributed by atoms with van der Waals surface area (Å²) in [6, 6.07) is 11.7. The molecule has 2 aromatic rings. The molecule has 0 amide bonds. The van der Waals surface area contributed by atoms with Crippen molar-refractivity contribution >= 4 is 40.7 Å². The largest absolute Gasteiger partial charge is 0.269 e. The van der Waals surface area contributed by atoms with Crippen molar-refractivity contribution in [3.05, 3.63) is 62.6 Å². The fourth-order valence-electron chi connectivity index (χ4n) is 1.31. The van der Waals surface area contributed by atoms with Gasteiger partial charge in [-0.05, 0) is 30.3 Å². The molecule has 0 saturated heterocycles. The molecular weight excluding hydrogens is 293 g/mol. The quantitative estimate of drug-likeness (QED) is 0.588. The second kappa shape index (κ2) is 5.61. The highest BCUT2D eigenvalue weighted by molar-refractivity contribution is 7.99. The van der Waals surface area contributed by atoms with Crippen LogP contribution >= 0.6 is 35.0 Å². The Morgan fingerprint density at radius 3 is 2.11 bits per heavy atom. The lowest BCUT2D eigenvalue weighted by atomic mass is 10.3. The molecule has 2 aromatic carbocycles. The second-order valence-electron chi connectivity index (χ2n) is 3.43. The molecule has 0 heterocycles. The number of halogens is 2. The summed E-state index contributed by atoms with van der Waals surface area (Å²) in [5.74, 6) is 0. The van der Waals surface area contributed by atoms with Gasteiger partial charge in [0.25, 0.3) is 5.69 Å². The predicted octanol–water partition coefficient (Wildman–Crippen LogP) is 5.05. The van der Waals surface area contributed by atoms with Crippen LogP contribution in [0.5, 0.6) is 0 Å². The Balaban J connectivity index is 2.18. The summed E-state index contributed by atoms with van der Waals surface area (Å²) in [6.07, 6.45) is 0. The number of nitro groups is 1. The molecule has 0 atom stereocenters. The van der Waals surface area contributed by atoms with Gasteiger partial charge in [0.1, 0.15) is 0 Å². The molecule has 0 fully saturated rings. The van der Waals surface area contributed by atoms with Gasteiger partial charge in [0.05, 0.1) is 15.0 Å². The van der Waals surface area contributed by atoms with E-state index in [0.29, 0.717) is 10.0 Å². The Kier molecular flexibility index (Phi) is 4.11. The first-order valence-corrected chi connectivity index (χ1v) is 6.51. The molecule has 3 nitrogen and oxygen atoms in total. The molecule has 0 saturated carbocycles. The zero-order valence-electron chi connectivity index (χ0n) is 8.97. The van der Waals surface area contributed by atoms with E-state index < -0.39 is 4.92 Å². The molecule has 0 radical (unpaired) electrons. The van der Waals surface area contributed by atoms with Crippen molar-refractivity contribution < 1.29 is 4.92 Å². The SMILES string of the molecule is O=[N+]([O-])c1ccc(Sc2ccc(Cl)c(Cl)c2)cc1. The Bertz CT molecular complexity index is 587. The third kappa shape index (κ3) is 3.16. The van der Waals surface area contributed by atoms with Crippen LogP contribution in [0.25, 0.3) is 0 Å². The van der Waals surface area contributed by atoms with E-state index in [0.717, 1.165) is 9.79 Å². The number of nitro benzene ring substituents is 1. The van der Waals surface area contributed by atoms with Gasteiger partial charge in [-0.25, -0.2) is 0 Å².